The Morgan fingerprint density at radius 1 is 1.13 bits per heavy atom. The number of aliphatic hydroxyl groups is 1. The minimum absolute atomic E-state index is 0.0806. The van der Waals surface area contributed by atoms with E-state index < -0.39 is 23.5 Å². The van der Waals surface area contributed by atoms with E-state index in [0.717, 1.165) is 4.47 Å². The quantitative estimate of drug-likeness (QED) is 0.480. The molecule has 1 aliphatic rings. The van der Waals surface area contributed by atoms with Crippen molar-refractivity contribution < 1.29 is 19.1 Å². The summed E-state index contributed by atoms with van der Waals surface area (Å²) in [6, 6.07) is 11.3. The van der Waals surface area contributed by atoms with E-state index in [1.807, 2.05) is 0 Å². The lowest BCUT2D eigenvalue weighted by Gasteiger charge is -2.13. The summed E-state index contributed by atoms with van der Waals surface area (Å²) in [5.41, 5.74) is 0.709. The summed E-state index contributed by atoms with van der Waals surface area (Å²) < 4.78 is 14.2. The van der Waals surface area contributed by atoms with Crippen LogP contribution in [-0.2, 0) is 9.59 Å². The molecule has 1 atom stereocenters. The molecule has 116 valence electrons. The van der Waals surface area contributed by atoms with Crippen molar-refractivity contribution in [1.82, 2.24) is 5.32 Å². The van der Waals surface area contributed by atoms with Gasteiger partial charge in [-0.3, -0.25) is 9.59 Å². The number of hydrogen-bond acceptors (Lipinski definition) is 3. The first-order chi connectivity index (χ1) is 11.0. The number of amides is 1. The van der Waals surface area contributed by atoms with Crippen LogP contribution >= 0.6 is 15.9 Å². The van der Waals surface area contributed by atoms with Crippen LogP contribution in [0.5, 0.6) is 0 Å². The van der Waals surface area contributed by atoms with Gasteiger partial charge < -0.3 is 10.4 Å². The zero-order chi connectivity index (χ0) is 16.6. The Bertz CT molecular complexity index is 830. The van der Waals surface area contributed by atoms with Gasteiger partial charge >= 0.3 is 0 Å². The van der Waals surface area contributed by atoms with Gasteiger partial charge in [0.05, 0.1) is 11.6 Å². The van der Waals surface area contributed by atoms with Gasteiger partial charge in [0.25, 0.3) is 11.7 Å². The Morgan fingerprint density at radius 3 is 2.48 bits per heavy atom. The summed E-state index contributed by atoms with van der Waals surface area (Å²) in [4.78, 5) is 23.9. The molecule has 1 saturated heterocycles. The maximum Gasteiger partial charge on any atom is 0.293 e. The Balaban J connectivity index is 2.12. The monoisotopic (exact) mass is 375 g/mol. The number of halogens is 2. The van der Waals surface area contributed by atoms with Crippen molar-refractivity contribution in [3.8, 4) is 0 Å². The average molecular weight is 376 g/mol. The van der Waals surface area contributed by atoms with E-state index in [0.29, 0.717) is 11.1 Å². The normalized spacial score (nSPS) is 19.7. The number of hydrogen-bond donors (Lipinski definition) is 2. The van der Waals surface area contributed by atoms with E-state index in [1.165, 1.54) is 18.2 Å². The molecule has 0 unspecified atom stereocenters. The number of carbonyl (C=O) groups is 2. The van der Waals surface area contributed by atoms with E-state index in [1.54, 1.807) is 30.3 Å². The summed E-state index contributed by atoms with van der Waals surface area (Å²) in [6.07, 6.45) is 0. The molecule has 3 rings (SSSR count). The van der Waals surface area contributed by atoms with Crippen molar-refractivity contribution in [2.45, 2.75) is 6.04 Å². The van der Waals surface area contributed by atoms with Crippen LogP contribution in [0.1, 0.15) is 17.2 Å². The van der Waals surface area contributed by atoms with Crippen molar-refractivity contribution in [2.75, 3.05) is 0 Å². The van der Waals surface area contributed by atoms with Gasteiger partial charge in [0.2, 0.25) is 0 Å². The van der Waals surface area contributed by atoms with Crippen molar-refractivity contribution >= 4 is 33.4 Å². The Labute approximate surface area is 139 Å². The van der Waals surface area contributed by atoms with E-state index in [-0.39, 0.29) is 11.3 Å². The number of benzene rings is 2. The standard InChI is InChI=1S/C17H11BrFNO3/c18-11-6-4-9(5-7-11)15(21)13-14(20-17(23)16(13)22)10-2-1-3-12(19)8-10/h1-8,14,21H,(H,20,23)/b15-13+/t14-/m1/s1. The molecule has 6 heteroatoms. The zero-order valence-electron chi connectivity index (χ0n) is 11.7. The second-order valence-corrected chi connectivity index (χ2v) is 5.98. The van der Waals surface area contributed by atoms with Crippen LogP contribution in [0.3, 0.4) is 0 Å². The summed E-state index contributed by atoms with van der Waals surface area (Å²) in [7, 11) is 0. The van der Waals surface area contributed by atoms with Gasteiger partial charge in [-0.05, 0) is 29.8 Å². The van der Waals surface area contributed by atoms with Gasteiger partial charge in [0.15, 0.2) is 0 Å². The molecule has 0 saturated carbocycles. The molecule has 0 spiro atoms. The Morgan fingerprint density at radius 2 is 1.83 bits per heavy atom. The highest BCUT2D eigenvalue weighted by atomic mass is 79.9. The summed E-state index contributed by atoms with van der Waals surface area (Å²) in [6.45, 7) is 0. The number of carbonyl (C=O) groups excluding carboxylic acids is 2. The molecular formula is C17H11BrFNO3. The highest BCUT2D eigenvalue weighted by molar-refractivity contribution is 9.10. The van der Waals surface area contributed by atoms with Crippen LogP contribution in [0.4, 0.5) is 4.39 Å². The van der Waals surface area contributed by atoms with Gasteiger partial charge in [-0.25, -0.2) is 4.39 Å². The average Bonchev–Trinajstić information content (AvgIpc) is 2.83. The van der Waals surface area contributed by atoms with Gasteiger partial charge in [-0.1, -0.05) is 40.2 Å². The molecule has 1 aliphatic heterocycles. The van der Waals surface area contributed by atoms with Gasteiger partial charge in [0.1, 0.15) is 11.6 Å². The summed E-state index contributed by atoms with van der Waals surface area (Å²) >= 11 is 3.28. The third-order valence-electron chi connectivity index (χ3n) is 3.57. The third kappa shape index (κ3) is 2.90. The lowest BCUT2D eigenvalue weighted by molar-refractivity contribution is -0.133. The first-order valence-electron chi connectivity index (χ1n) is 6.77. The molecule has 0 bridgehead atoms. The maximum atomic E-state index is 13.4. The largest absolute Gasteiger partial charge is 0.507 e. The number of nitrogens with one attached hydrogen (secondary N) is 1. The third-order valence-corrected chi connectivity index (χ3v) is 4.10. The molecule has 2 aromatic rings. The van der Waals surface area contributed by atoms with Crippen molar-refractivity contribution in [3.63, 3.8) is 0 Å². The fourth-order valence-corrected chi connectivity index (χ4v) is 2.73. The molecule has 2 N–H and O–H groups in total. The van der Waals surface area contributed by atoms with Crippen LogP contribution in [0, 0.1) is 5.82 Å². The Hall–Kier alpha value is -2.47. The van der Waals surface area contributed by atoms with E-state index in [4.69, 9.17) is 0 Å². The first-order valence-corrected chi connectivity index (χ1v) is 7.56. The van der Waals surface area contributed by atoms with Crippen LogP contribution in [0.2, 0.25) is 0 Å². The number of rotatable bonds is 2. The molecule has 2 aromatic carbocycles. The highest BCUT2D eigenvalue weighted by Crippen LogP contribution is 2.33. The minimum atomic E-state index is -0.880. The molecule has 1 fully saturated rings. The van der Waals surface area contributed by atoms with Gasteiger partial charge in [-0.15, -0.1) is 0 Å². The smallest absolute Gasteiger partial charge is 0.293 e. The van der Waals surface area contributed by atoms with Gasteiger partial charge in [-0.2, -0.15) is 0 Å². The van der Waals surface area contributed by atoms with E-state index >= 15 is 0 Å². The number of Topliss-reactive ketones (excluding diaryl/α,β-unsaturated/α-hetero) is 1. The van der Waals surface area contributed by atoms with Crippen LogP contribution in [-0.4, -0.2) is 16.8 Å². The van der Waals surface area contributed by atoms with Crippen LogP contribution < -0.4 is 5.32 Å². The van der Waals surface area contributed by atoms with Crippen LogP contribution in [0.25, 0.3) is 5.76 Å². The zero-order valence-corrected chi connectivity index (χ0v) is 13.3. The predicted octanol–water partition coefficient (Wildman–Crippen LogP) is 3.30. The molecule has 4 nitrogen and oxygen atoms in total. The fourth-order valence-electron chi connectivity index (χ4n) is 2.47. The fraction of sp³-hybridized carbons (Fsp3) is 0.0588. The van der Waals surface area contributed by atoms with E-state index in [2.05, 4.69) is 21.2 Å². The topological polar surface area (TPSA) is 66.4 Å². The molecule has 0 aromatic heterocycles. The molecule has 1 heterocycles. The number of aliphatic hydroxyl groups excluding tert-OH is 1. The Kier molecular flexibility index (Phi) is 4.00. The van der Waals surface area contributed by atoms with Crippen LogP contribution in [0.15, 0.2) is 58.6 Å². The lowest BCUT2D eigenvalue weighted by atomic mass is 9.96. The second kappa shape index (κ2) is 5.96. The SMILES string of the molecule is O=C1N[C@H](c2cccc(F)c2)/C(=C(\O)c2ccc(Br)cc2)C1=O. The molecular weight excluding hydrogens is 365 g/mol. The predicted molar refractivity (Wildman–Crippen MR) is 86.0 cm³/mol. The van der Waals surface area contributed by atoms with Crippen molar-refractivity contribution in [3.05, 3.63) is 75.5 Å². The lowest BCUT2D eigenvalue weighted by Crippen LogP contribution is -2.21. The number of ketones is 1. The molecule has 0 radical (unpaired) electrons. The molecule has 1 amide bonds. The second-order valence-electron chi connectivity index (χ2n) is 5.06. The maximum absolute atomic E-state index is 13.4. The van der Waals surface area contributed by atoms with Crippen molar-refractivity contribution in [1.29, 1.82) is 0 Å². The minimum Gasteiger partial charge on any atom is -0.507 e. The first kappa shape index (κ1) is 15.4. The van der Waals surface area contributed by atoms with Gasteiger partial charge in [0, 0.05) is 10.0 Å². The van der Waals surface area contributed by atoms with E-state index in [9.17, 15) is 19.1 Å². The highest BCUT2D eigenvalue weighted by Gasteiger charge is 2.39. The van der Waals surface area contributed by atoms with Crippen molar-refractivity contribution in [2.24, 2.45) is 0 Å². The summed E-state index contributed by atoms with van der Waals surface area (Å²) in [5.74, 6) is -2.42. The summed E-state index contributed by atoms with van der Waals surface area (Å²) in [5, 5.41) is 12.9. The molecule has 0 aliphatic carbocycles. The molecule has 23 heavy (non-hydrogen) atoms.